The average Bonchev–Trinajstić information content (AvgIpc) is 3.13. The standard InChI is InChI=1S/C22H28F3N5O3S/c1-21(2,22(23,24)25)33-20(32)30-7-4-14(5-8-30)28-9-11-29(12-10-28)19(31)17-15-3-6-27-13-16(15)34-18(17)26/h3,6,13-14H,4-5,7-12,26H2,1-2H3. The summed E-state index contributed by atoms with van der Waals surface area (Å²) in [6.07, 6.45) is -0.927. The minimum absolute atomic E-state index is 0.0838. The number of ether oxygens (including phenoxy) is 1. The molecule has 4 rings (SSSR count). The Labute approximate surface area is 199 Å². The van der Waals surface area contributed by atoms with Crippen molar-refractivity contribution in [3.8, 4) is 0 Å². The second-order valence-electron chi connectivity index (χ2n) is 9.14. The largest absolute Gasteiger partial charge is 0.434 e. The topological polar surface area (TPSA) is 92.0 Å². The van der Waals surface area contributed by atoms with Crippen LogP contribution in [0.15, 0.2) is 18.5 Å². The monoisotopic (exact) mass is 499 g/mol. The van der Waals surface area contributed by atoms with Crippen LogP contribution in [0, 0.1) is 0 Å². The van der Waals surface area contributed by atoms with E-state index in [0.717, 1.165) is 23.9 Å². The Hall–Kier alpha value is -2.60. The first-order chi connectivity index (χ1) is 16.0. The number of carbonyl (C=O) groups is 2. The maximum atomic E-state index is 13.2. The Morgan fingerprint density at radius 1 is 1.09 bits per heavy atom. The number of hydrogen-bond acceptors (Lipinski definition) is 7. The number of hydrogen-bond donors (Lipinski definition) is 1. The van der Waals surface area contributed by atoms with Gasteiger partial charge in [-0.05, 0) is 32.8 Å². The van der Waals surface area contributed by atoms with Gasteiger partial charge in [0.05, 0.1) is 15.3 Å². The molecule has 0 aliphatic carbocycles. The smallest absolute Gasteiger partial charge is 0.427 e. The molecule has 2 N–H and O–H groups in total. The maximum absolute atomic E-state index is 13.2. The molecular weight excluding hydrogens is 471 g/mol. The van der Waals surface area contributed by atoms with Crippen molar-refractivity contribution < 1.29 is 27.5 Å². The van der Waals surface area contributed by atoms with E-state index in [1.165, 1.54) is 16.2 Å². The normalized spacial score (nSPS) is 19.0. The first-order valence-corrected chi connectivity index (χ1v) is 12.0. The number of likely N-dealkylation sites (tertiary alicyclic amines) is 1. The number of fused-ring (bicyclic) bond motifs is 1. The summed E-state index contributed by atoms with van der Waals surface area (Å²) in [5, 5.41) is 1.31. The van der Waals surface area contributed by atoms with Gasteiger partial charge in [0.2, 0.25) is 5.60 Å². The summed E-state index contributed by atoms with van der Waals surface area (Å²) >= 11 is 1.35. The summed E-state index contributed by atoms with van der Waals surface area (Å²) in [6, 6.07) is 2.01. The number of carbonyl (C=O) groups excluding carboxylic acids is 2. The highest BCUT2D eigenvalue weighted by molar-refractivity contribution is 7.23. The van der Waals surface area contributed by atoms with Gasteiger partial charge in [-0.3, -0.25) is 14.7 Å². The molecule has 0 atom stereocenters. The van der Waals surface area contributed by atoms with Gasteiger partial charge < -0.3 is 20.3 Å². The molecule has 2 aromatic rings. The van der Waals surface area contributed by atoms with Crippen LogP contribution in [0.5, 0.6) is 0 Å². The van der Waals surface area contributed by atoms with Gasteiger partial charge in [-0.1, -0.05) is 0 Å². The molecule has 2 amide bonds. The van der Waals surface area contributed by atoms with Crippen molar-refractivity contribution in [1.29, 1.82) is 0 Å². The zero-order chi connectivity index (χ0) is 24.7. The lowest BCUT2D eigenvalue weighted by atomic mass is 10.0. The number of pyridine rings is 1. The van der Waals surface area contributed by atoms with E-state index in [4.69, 9.17) is 10.5 Å². The highest BCUT2D eigenvalue weighted by atomic mass is 32.1. The third-order valence-corrected chi connectivity index (χ3v) is 7.57. The predicted molar refractivity (Wildman–Crippen MR) is 123 cm³/mol. The van der Waals surface area contributed by atoms with Crippen LogP contribution in [-0.4, -0.2) is 88.8 Å². The summed E-state index contributed by atoms with van der Waals surface area (Å²) < 4.78 is 44.6. The number of piperazine rings is 1. The molecule has 2 aromatic heterocycles. The zero-order valence-corrected chi connectivity index (χ0v) is 19.9. The van der Waals surface area contributed by atoms with Gasteiger partial charge >= 0.3 is 12.3 Å². The van der Waals surface area contributed by atoms with Crippen molar-refractivity contribution in [3.63, 3.8) is 0 Å². The summed E-state index contributed by atoms with van der Waals surface area (Å²) in [7, 11) is 0. The molecular formula is C22H28F3N5O3S. The molecule has 0 saturated carbocycles. The first kappa shape index (κ1) is 24.5. The molecule has 8 nitrogen and oxygen atoms in total. The van der Waals surface area contributed by atoms with E-state index >= 15 is 0 Å². The fraction of sp³-hybridized carbons (Fsp3) is 0.591. The third-order valence-electron chi connectivity index (χ3n) is 6.60. The second-order valence-corrected chi connectivity index (χ2v) is 10.2. The number of nitrogens with two attached hydrogens (primary N) is 1. The second kappa shape index (κ2) is 9.21. The van der Waals surface area contributed by atoms with Crippen molar-refractivity contribution >= 4 is 38.4 Å². The number of piperidine rings is 1. The van der Waals surface area contributed by atoms with Crippen molar-refractivity contribution in [1.82, 2.24) is 19.7 Å². The molecule has 186 valence electrons. The van der Waals surface area contributed by atoms with Crippen LogP contribution < -0.4 is 5.73 Å². The minimum atomic E-state index is -4.63. The molecule has 2 aliphatic heterocycles. The lowest BCUT2D eigenvalue weighted by Crippen LogP contribution is -2.55. The third kappa shape index (κ3) is 4.78. The summed E-state index contributed by atoms with van der Waals surface area (Å²) in [4.78, 5) is 34.9. The van der Waals surface area contributed by atoms with Crippen molar-refractivity contribution in [2.45, 2.75) is 44.5 Å². The number of alkyl halides is 3. The van der Waals surface area contributed by atoms with Gasteiger partial charge in [0, 0.05) is 63.1 Å². The van der Waals surface area contributed by atoms with E-state index in [1.54, 1.807) is 23.4 Å². The van der Waals surface area contributed by atoms with Gasteiger partial charge in [-0.15, -0.1) is 11.3 Å². The average molecular weight is 500 g/mol. The van der Waals surface area contributed by atoms with Crippen LogP contribution in [0.3, 0.4) is 0 Å². The Balaban J connectivity index is 1.29. The molecule has 0 radical (unpaired) electrons. The van der Waals surface area contributed by atoms with E-state index in [2.05, 4.69) is 9.88 Å². The zero-order valence-electron chi connectivity index (χ0n) is 19.1. The molecule has 0 unspecified atom stereocenters. The number of thiophene rings is 1. The molecule has 0 bridgehead atoms. The quantitative estimate of drug-likeness (QED) is 0.694. The Morgan fingerprint density at radius 2 is 1.74 bits per heavy atom. The van der Waals surface area contributed by atoms with Crippen LogP contribution in [0.1, 0.15) is 37.0 Å². The molecule has 12 heteroatoms. The number of nitrogens with zero attached hydrogens (tertiary/aromatic N) is 4. The van der Waals surface area contributed by atoms with E-state index in [1.807, 2.05) is 0 Å². The SMILES string of the molecule is CC(C)(OC(=O)N1CCC(N2CCN(C(=O)c3c(N)sc4cnccc34)CC2)CC1)C(F)(F)F. The molecule has 34 heavy (non-hydrogen) atoms. The number of aromatic nitrogens is 1. The fourth-order valence-electron chi connectivity index (χ4n) is 4.39. The molecule has 2 fully saturated rings. The highest BCUT2D eigenvalue weighted by Crippen LogP contribution is 2.35. The summed E-state index contributed by atoms with van der Waals surface area (Å²) in [6.45, 7) is 4.86. The van der Waals surface area contributed by atoms with Gasteiger partial charge in [0.25, 0.3) is 5.91 Å². The van der Waals surface area contributed by atoms with Crippen LogP contribution in [0.25, 0.3) is 10.1 Å². The van der Waals surface area contributed by atoms with Crippen LogP contribution in [0.4, 0.5) is 23.0 Å². The maximum Gasteiger partial charge on any atom is 0.427 e. The molecule has 0 spiro atoms. The number of amides is 2. The van der Waals surface area contributed by atoms with Crippen molar-refractivity contribution in [3.05, 3.63) is 24.0 Å². The van der Waals surface area contributed by atoms with Crippen LogP contribution in [0.2, 0.25) is 0 Å². The Bertz CT molecular complexity index is 1060. The number of anilines is 1. The van der Waals surface area contributed by atoms with E-state index in [-0.39, 0.29) is 11.9 Å². The lowest BCUT2D eigenvalue weighted by Gasteiger charge is -2.43. The summed E-state index contributed by atoms with van der Waals surface area (Å²) in [5.41, 5.74) is 4.13. The molecule has 2 aliphatic rings. The number of halogens is 3. The predicted octanol–water partition coefficient (Wildman–Crippen LogP) is 3.58. The molecule has 0 aromatic carbocycles. The highest BCUT2D eigenvalue weighted by Gasteiger charge is 2.51. The van der Waals surface area contributed by atoms with E-state index < -0.39 is 17.9 Å². The number of rotatable bonds is 3. The fourth-order valence-corrected chi connectivity index (χ4v) is 5.32. The van der Waals surface area contributed by atoms with E-state index in [0.29, 0.717) is 62.7 Å². The molecule has 2 saturated heterocycles. The Morgan fingerprint density at radius 3 is 2.35 bits per heavy atom. The van der Waals surface area contributed by atoms with Gasteiger partial charge in [0.1, 0.15) is 0 Å². The van der Waals surface area contributed by atoms with Crippen molar-refractivity contribution in [2.24, 2.45) is 0 Å². The first-order valence-electron chi connectivity index (χ1n) is 11.2. The minimum Gasteiger partial charge on any atom is -0.434 e. The van der Waals surface area contributed by atoms with Gasteiger partial charge in [-0.25, -0.2) is 4.79 Å². The lowest BCUT2D eigenvalue weighted by molar-refractivity contribution is -0.246. The van der Waals surface area contributed by atoms with Crippen LogP contribution in [-0.2, 0) is 4.74 Å². The van der Waals surface area contributed by atoms with Crippen LogP contribution >= 0.6 is 11.3 Å². The van der Waals surface area contributed by atoms with E-state index in [9.17, 15) is 22.8 Å². The number of nitrogen functional groups attached to an aromatic ring is 1. The molecule has 4 heterocycles. The van der Waals surface area contributed by atoms with Crippen molar-refractivity contribution in [2.75, 3.05) is 45.0 Å². The van der Waals surface area contributed by atoms with Gasteiger partial charge in [0.15, 0.2) is 0 Å². The van der Waals surface area contributed by atoms with Gasteiger partial charge in [-0.2, -0.15) is 13.2 Å². The Kier molecular flexibility index (Phi) is 6.65. The summed E-state index contributed by atoms with van der Waals surface area (Å²) in [5.74, 6) is -0.0838.